The highest BCUT2D eigenvalue weighted by atomic mass is 16.5. The lowest BCUT2D eigenvalue weighted by Gasteiger charge is -2.32. The van der Waals surface area contributed by atoms with E-state index in [1.807, 2.05) is 31.2 Å². The Balaban J connectivity index is 1.82. The molecule has 0 bridgehead atoms. The zero-order chi connectivity index (χ0) is 14.0. The fraction of sp³-hybridized carbons (Fsp3) is 0.467. The number of benzene rings is 1. The molecule has 0 amide bonds. The lowest BCUT2D eigenvalue weighted by Crippen LogP contribution is -2.42. The summed E-state index contributed by atoms with van der Waals surface area (Å²) in [4.78, 5) is 0. The van der Waals surface area contributed by atoms with Gasteiger partial charge in [-0.05, 0) is 6.92 Å². The largest absolute Gasteiger partial charge is 0.388 e. The van der Waals surface area contributed by atoms with Gasteiger partial charge in [0, 0.05) is 43.4 Å². The number of hydrogen-bond acceptors (Lipinski definition) is 5. The number of fused-ring (bicyclic) bond motifs is 1. The van der Waals surface area contributed by atoms with Gasteiger partial charge < -0.3 is 15.2 Å². The van der Waals surface area contributed by atoms with Crippen LogP contribution in [-0.4, -0.2) is 40.7 Å². The lowest BCUT2D eigenvalue weighted by molar-refractivity contribution is -0.0543. The molecule has 1 aromatic heterocycles. The number of hydrogen-bond donors (Lipinski definition) is 2. The van der Waals surface area contributed by atoms with Crippen LogP contribution in [0.25, 0.3) is 10.8 Å². The van der Waals surface area contributed by atoms with Gasteiger partial charge in [0.05, 0.1) is 11.3 Å². The molecule has 106 valence electrons. The summed E-state index contributed by atoms with van der Waals surface area (Å²) >= 11 is 0. The molecule has 1 aliphatic rings. The van der Waals surface area contributed by atoms with Gasteiger partial charge in [-0.25, -0.2) is 0 Å². The maximum absolute atomic E-state index is 10.5. The van der Waals surface area contributed by atoms with Crippen molar-refractivity contribution in [3.8, 4) is 0 Å². The second-order valence-corrected chi connectivity index (χ2v) is 5.37. The van der Waals surface area contributed by atoms with E-state index in [0.717, 1.165) is 22.3 Å². The summed E-state index contributed by atoms with van der Waals surface area (Å²) < 4.78 is 5.29. The highest BCUT2D eigenvalue weighted by Gasteiger charge is 2.29. The van der Waals surface area contributed by atoms with Gasteiger partial charge >= 0.3 is 0 Å². The van der Waals surface area contributed by atoms with E-state index in [4.69, 9.17) is 4.74 Å². The molecule has 1 aromatic carbocycles. The number of aliphatic hydroxyl groups is 1. The van der Waals surface area contributed by atoms with Crippen molar-refractivity contribution in [2.45, 2.75) is 25.4 Å². The molecule has 2 N–H and O–H groups in total. The van der Waals surface area contributed by atoms with E-state index in [2.05, 4.69) is 15.5 Å². The molecule has 2 heterocycles. The minimum Gasteiger partial charge on any atom is -0.388 e. The van der Waals surface area contributed by atoms with E-state index >= 15 is 0 Å². The maximum Gasteiger partial charge on any atom is 0.156 e. The minimum absolute atomic E-state index is 0.470. The monoisotopic (exact) mass is 273 g/mol. The summed E-state index contributed by atoms with van der Waals surface area (Å²) in [7, 11) is 0. The third kappa shape index (κ3) is 2.59. The number of rotatable bonds is 3. The molecule has 0 saturated carbocycles. The molecule has 1 fully saturated rings. The van der Waals surface area contributed by atoms with E-state index in [1.54, 1.807) is 0 Å². The fourth-order valence-corrected chi connectivity index (χ4v) is 2.54. The Bertz CT molecular complexity index is 609. The minimum atomic E-state index is -0.716. The first kappa shape index (κ1) is 13.3. The number of ether oxygens (including phenoxy) is 1. The van der Waals surface area contributed by atoms with Gasteiger partial charge in [0.2, 0.25) is 0 Å². The van der Waals surface area contributed by atoms with Gasteiger partial charge in [0.1, 0.15) is 0 Å². The fourth-order valence-electron chi connectivity index (χ4n) is 2.54. The Morgan fingerprint density at radius 1 is 1.20 bits per heavy atom. The average molecular weight is 273 g/mol. The van der Waals surface area contributed by atoms with Crippen molar-refractivity contribution in [3.05, 3.63) is 30.0 Å². The van der Waals surface area contributed by atoms with Crippen LogP contribution in [0.15, 0.2) is 24.3 Å². The van der Waals surface area contributed by atoms with Gasteiger partial charge in [0.25, 0.3) is 0 Å². The van der Waals surface area contributed by atoms with Crippen LogP contribution in [0.5, 0.6) is 0 Å². The average Bonchev–Trinajstić information content (AvgIpc) is 2.48. The SMILES string of the molecule is Cc1nnc(NCC2(O)CCOCC2)c2ccccc12. The van der Waals surface area contributed by atoms with Crippen molar-refractivity contribution in [1.82, 2.24) is 10.2 Å². The normalized spacial score (nSPS) is 18.1. The summed E-state index contributed by atoms with van der Waals surface area (Å²) in [6, 6.07) is 8.03. The van der Waals surface area contributed by atoms with E-state index in [1.165, 1.54) is 0 Å². The van der Waals surface area contributed by atoms with Crippen molar-refractivity contribution < 1.29 is 9.84 Å². The second-order valence-electron chi connectivity index (χ2n) is 5.37. The summed E-state index contributed by atoms with van der Waals surface area (Å²) in [5.41, 5.74) is 0.197. The van der Waals surface area contributed by atoms with Crippen LogP contribution in [-0.2, 0) is 4.74 Å². The topological polar surface area (TPSA) is 67.3 Å². The zero-order valence-electron chi connectivity index (χ0n) is 11.6. The van der Waals surface area contributed by atoms with Crippen LogP contribution < -0.4 is 5.32 Å². The Kier molecular flexibility index (Phi) is 3.54. The summed E-state index contributed by atoms with van der Waals surface area (Å²) in [6.07, 6.45) is 1.30. The van der Waals surface area contributed by atoms with Crippen LogP contribution in [0, 0.1) is 6.92 Å². The van der Waals surface area contributed by atoms with Crippen LogP contribution >= 0.6 is 0 Å². The number of nitrogens with one attached hydrogen (secondary N) is 1. The number of aryl methyl sites for hydroxylation is 1. The number of anilines is 1. The summed E-state index contributed by atoms with van der Waals surface area (Å²) in [5.74, 6) is 0.728. The molecule has 0 radical (unpaired) electrons. The van der Waals surface area contributed by atoms with Gasteiger partial charge in [-0.15, -0.1) is 5.10 Å². The second kappa shape index (κ2) is 5.34. The van der Waals surface area contributed by atoms with E-state index in [9.17, 15) is 5.11 Å². The number of aromatic nitrogens is 2. The molecule has 20 heavy (non-hydrogen) atoms. The van der Waals surface area contributed by atoms with Crippen molar-refractivity contribution in [2.24, 2.45) is 0 Å². The van der Waals surface area contributed by atoms with E-state index < -0.39 is 5.60 Å². The van der Waals surface area contributed by atoms with Gasteiger partial charge in [0.15, 0.2) is 5.82 Å². The Morgan fingerprint density at radius 2 is 1.90 bits per heavy atom. The molecule has 0 unspecified atom stereocenters. The van der Waals surface area contributed by atoms with Crippen LogP contribution in [0.2, 0.25) is 0 Å². The lowest BCUT2D eigenvalue weighted by atomic mass is 9.94. The molecule has 1 saturated heterocycles. The van der Waals surface area contributed by atoms with E-state index in [-0.39, 0.29) is 0 Å². The molecular formula is C15H19N3O2. The smallest absolute Gasteiger partial charge is 0.156 e. The predicted molar refractivity (Wildman–Crippen MR) is 77.8 cm³/mol. The Hall–Kier alpha value is -1.72. The summed E-state index contributed by atoms with van der Waals surface area (Å²) in [5, 5.41) is 24.2. The third-order valence-corrected chi connectivity index (χ3v) is 3.88. The standard InChI is InChI=1S/C15H19N3O2/c1-11-12-4-2-3-5-13(12)14(18-17-11)16-10-15(19)6-8-20-9-7-15/h2-5,19H,6-10H2,1H3,(H,16,18). The number of nitrogens with zero attached hydrogens (tertiary/aromatic N) is 2. The highest BCUT2D eigenvalue weighted by Crippen LogP contribution is 2.25. The first-order chi connectivity index (χ1) is 9.68. The molecule has 1 aliphatic heterocycles. The van der Waals surface area contributed by atoms with Crippen LogP contribution in [0.3, 0.4) is 0 Å². The molecular weight excluding hydrogens is 254 g/mol. The van der Waals surface area contributed by atoms with Crippen molar-refractivity contribution in [3.63, 3.8) is 0 Å². The van der Waals surface area contributed by atoms with Gasteiger partial charge in [-0.2, -0.15) is 5.10 Å². The van der Waals surface area contributed by atoms with Crippen molar-refractivity contribution >= 4 is 16.6 Å². The highest BCUT2D eigenvalue weighted by molar-refractivity contribution is 5.92. The van der Waals surface area contributed by atoms with Crippen molar-refractivity contribution in [2.75, 3.05) is 25.1 Å². The van der Waals surface area contributed by atoms with Crippen molar-refractivity contribution in [1.29, 1.82) is 0 Å². The molecule has 0 aliphatic carbocycles. The first-order valence-electron chi connectivity index (χ1n) is 6.94. The third-order valence-electron chi connectivity index (χ3n) is 3.88. The molecule has 2 aromatic rings. The first-order valence-corrected chi connectivity index (χ1v) is 6.94. The van der Waals surface area contributed by atoms with Crippen LogP contribution in [0.1, 0.15) is 18.5 Å². The molecule has 3 rings (SSSR count). The van der Waals surface area contributed by atoms with Crippen LogP contribution in [0.4, 0.5) is 5.82 Å². The Labute approximate surface area is 118 Å². The zero-order valence-corrected chi connectivity index (χ0v) is 11.6. The van der Waals surface area contributed by atoms with Gasteiger partial charge in [-0.1, -0.05) is 24.3 Å². The Morgan fingerprint density at radius 3 is 2.65 bits per heavy atom. The molecule has 0 spiro atoms. The predicted octanol–water partition coefficient (Wildman–Crippen LogP) is 1.89. The molecule has 5 nitrogen and oxygen atoms in total. The molecule has 5 heteroatoms. The maximum atomic E-state index is 10.5. The van der Waals surface area contributed by atoms with Gasteiger partial charge in [-0.3, -0.25) is 0 Å². The molecule has 0 atom stereocenters. The van der Waals surface area contributed by atoms with E-state index in [0.29, 0.717) is 32.6 Å². The quantitative estimate of drug-likeness (QED) is 0.894. The summed E-state index contributed by atoms with van der Waals surface area (Å²) in [6.45, 7) is 3.64.